The maximum Gasteiger partial charge on any atom is 0.227 e. The number of aryl methyl sites for hydroxylation is 2. The van der Waals surface area contributed by atoms with Crippen LogP contribution < -0.4 is 5.32 Å². The summed E-state index contributed by atoms with van der Waals surface area (Å²) in [5.41, 5.74) is 3.48. The van der Waals surface area contributed by atoms with Crippen molar-refractivity contribution >= 4 is 5.91 Å². The Morgan fingerprint density at radius 3 is 2.41 bits per heavy atom. The molecular weight excluding hydrogens is 362 g/mol. The van der Waals surface area contributed by atoms with Gasteiger partial charge in [-0.2, -0.15) is 4.98 Å². The van der Waals surface area contributed by atoms with E-state index in [-0.39, 0.29) is 11.9 Å². The van der Waals surface area contributed by atoms with E-state index in [4.69, 9.17) is 4.52 Å². The zero-order chi connectivity index (χ0) is 20.6. The topological polar surface area (TPSA) is 68.0 Å². The molecule has 2 aromatic carbocycles. The second-order valence-electron chi connectivity index (χ2n) is 7.78. The third-order valence-corrected chi connectivity index (χ3v) is 4.99. The van der Waals surface area contributed by atoms with E-state index in [1.165, 1.54) is 11.1 Å². The van der Waals surface area contributed by atoms with Crippen molar-refractivity contribution in [1.29, 1.82) is 0 Å². The van der Waals surface area contributed by atoms with Gasteiger partial charge in [0.05, 0.1) is 0 Å². The Hall–Kier alpha value is -2.95. The number of aromatic nitrogens is 2. The SMILES string of the molecule is CC(C)c1ccc(-c2noc(CCC(=O)N[C@@H](C)CCc3ccccc3)n2)cc1. The van der Waals surface area contributed by atoms with Gasteiger partial charge in [0, 0.05) is 24.4 Å². The lowest BCUT2D eigenvalue weighted by Gasteiger charge is -2.13. The Morgan fingerprint density at radius 2 is 1.72 bits per heavy atom. The van der Waals surface area contributed by atoms with Crippen molar-refractivity contribution in [2.24, 2.45) is 0 Å². The summed E-state index contributed by atoms with van der Waals surface area (Å²) in [6, 6.07) is 18.6. The third-order valence-electron chi connectivity index (χ3n) is 4.99. The van der Waals surface area contributed by atoms with Crippen molar-refractivity contribution in [3.8, 4) is 11.4 Å². The number of hydrogen-bond donors (Lipinski definition) is 1. The van der Waals surface area contributed by atoms with Gasteiger partial charge in [0.15, 0.2) is 0 Å². The van der Waals surface area contributed by atoms with Gasteiger partial charge < -0.3 is 9.84 Å². The monoisotopic (exact) mass is 391 g/mol. The first-order valence-corrected chi connectivity index (χ1v) is 10.3. The number of rotatable bonds is 9. The number of nitrogens with zero attached hydrogens (tertiary/aromatic N) is 2. The van der Waals surface area contributed by atoms with Crippen molar-refractivity contribution in [3.05, 3.63) is 71.6 Å². The summed E-state index contributed by atoms with van der Waals surface area (Å²) >= 11 is 0. The lowest BCUT2D eigenvalue weighted by Crippen LogP contribution is -2.33. The van der Waals surface area contributed by atoms with E-state index < -0.39 is 0 Å². The average molecular weight is 392 g/mol. The molecule has 0 aliphatic rings. The van der Waals surface area contributed by atoms with Crippen LogP contribution in [-0.4, -0.2) is 22.1 Å². The average Bonchev–Trinajstić information content (AvgIpc) is 3.21. The number of carbonyl (C=O) groups is 1. The highest BCUT2D eigenvalue weighted by molar-refractivity contribution is 5.76. The highest BCUT2D eigenvalue weighted by Crippen LogP contribution is 2.20. The number of benzene rings is 2. The second-order valence-corrected chi connectivity index (χ2v) is 7.78. The summed E-state index contributed by atoms with van der Waals surface area (Å²) in [7, 11) is 0. The third kappa shape index (κ3) is 6.28. The van der Waals surface area contributed by atoms with Gasteiger partial charge in [-0.15, -0.1) is 0 Å². The van der Waals surface area contributed by atoms with Gasteiger partial charge in [-0.3, -0.25) is 4.79 Å². The molecule has 5 nitrogen and oxygen atoms in total. The van der Waals surface area contributed by atoms with Crippen molar-refractivity contribution in [2.45, 2.75) is 58.4 Å². The summed E-state index contributed by atoms with van der Waals surface area (Å²) in [5.74, 6) is 1.54. The molecule has 1 heterocycles. The smallest absolute Gasteiger partial charge is 0.227 e. The van der Waals surface area contributed by atoms with Crippen LogP contribution in [0.25, 0.3) is 11.4 Å². The Morgan fingerprint density at radius 1 is 1.00 bits per heavy atom. The van der Waals surface area contributed by atoms with Gasteiger partial charge in [-0.25, -0.2) is 0 Å². The standard InChI is InChI=1S/C24H29N3O2/c1-17(2)20-11-13-21(14-12-20)24-26-23(29-27-24)16-15-22(28)25-18(3)9-10-19-7-5-4-6-8-19/h4-8,11-14,17-18H,9-10,15-16H2,1-3H3,(H,25,28)/t18-/m0/s1. The van der Waals surface area contributed by atoms with Gasteiger partial charge in [0.2, 0.25) is 17.6 Å². The first-order chi connectivity index (χ1) is 14.0. The summed E-state index contributed by atoms with van der Waals surface area (Å²) in [4.78, 5) is 16.6. The zero-order valence-corrected chi connectivity index (χ0v) is 17.4. The zero-order valence-electron chi connectivity index (χ0n) is 17.4. The molecule has 5 heteroatoms. The largest absolute Gasteiger partial charge is 0.354 e. The molecule has 0 fully saturated rings. The van der Waals surface area contributed by atoms with Crippen LogP contribution in [0.4, 0.5) is 0 Å². The maximum absolute atomic E-state index is 12.2. The predicted molar refractivity (Wildman–Crippen MR) is 115 cm³/mol. The minimum absolute atomic E-state index is 0.00611. The molecule has 0 aliphatic heterocycles. The van der Waals surface area contributed by atoms with E-state index >= 15 is 0 Å². The maximum atomic E-state index is 12.2. The van der Waals surface area contributed by atoms with Gasteiger partial charge in [0.1, 0.15) is 0 Å². The Labute approximate surface area is 172 Å². The van der Waals surface area contributed by atoms with E-state index in [1.54, 1.807) is 0 Å². The molecule has 29 heavy (non-hydrogen) atoms. The fourth-order valence-corrected chi connectivity index (χ4v) is 3.16. The van der Waals surface area contributed by atoms with Crippen molar-refractivity contribution in [2.75, 3.05) is 0 Å². The van der Waals surface area contributed by atoms with Gasteiger partial charge in [-0.05, 0) is 36.8 Å². The molecule has 0 spiro atoms. The molecule has 1 amide bonds. The van der Waals surface area contributed by atoms with Crippen LogP contribution in [0, 0.1) is 0 Å². The van der Waals surface area contributed by atoms with Gasteiger partial charge >= 0.3 is 0 Å². The number of carbonyl (C=O) groups excluding carboxylic acids is 1. The molecular formula is C24H29N3O2. The second kappa shape index (κ2) is 10.0. The molecule has 1 aromatic heterocycles. The lowest BCUT2D eigenvalue weighted by atomic mass is 10.0. The van der Waals surface area contributed by atoms with Crippen LogP contribution >= 0.6 is 0 Å². The van der Waals surface area contributed by atoms with Crippen LogP contribution in [0.3, 0.4) is 0 Å². The highest BCUT2D eigenvalue weighted by Gasteiger charge is 2.13. The Balaban J connectivity index is 1.44. The normalized spacial score (nSPS) is 12.1. The summed E-state index contributed by atoms with van der Waals surface area (Å²) < 4.78 is 5.32. The first kappa shape index (κ1) is 20.8. The van der Waals surface area contributed by atoms with Crippen molar-refractivity contribution in [3.63, 3.8) is 0 Å². The molecule has 0 unspecified atom stereocenters. The molecule has 3 aromatic rings. The fraction of sp³-hybridized carbons (Fsp3) is 0.375. The molecule has 1 N–H and O–H groups in total. The summed E-state index contributed by atoms with van der Waals surface area (Å²) in [6.45, 7) is 6.36. The molecule has 152 valence electrons. The number of nitrogens with one attached hydrogen (secondary N) is 1. The van der Waals surface area contributed by atoms with Crippen molar-refractivity contribution < 1.29 is 9.32 Å². The van der Waals surface area contributed by atoms with Crippen LogP contribution in [0.15, 0.2) is 59.1 Å². The highest BCUT2D eigenvalue weighted by atomic mass is 16.5. The lowest BCUT2D eigenvalue weighted by molar-refractivity contribution is -0.121. The Kier molecular flexibility index (Phi) is 7.17. The van der Waals surface area contributed by atoms with E-state index in [0.717, 1.165) is 18.4 Å². The molecule has 0 saturated carbocycles. The molecule has 1 atom stereocenters. The first-order valence-electron chi connectivity index (χ1n) is 10.3. The van der Waals surface area contributed by atoms with Crippen molar-refractivity contribution in [1.82, 2.24) is 15.5 Å². The van der Waals surface area contributed by atoms with Gasteiger partial charge in [0.25, 0.3) is 0 Å². The van der Waals surface area contributed by atoms with Crippen LogP contribution in [-0.2, 0) is 17.6 Å². The summed E-state index contributed by atoms with van der Waals surface area (Å²) in [6.07, 6.45) is 2.63. The van der Waals surface area contributed by atoms with E-state index in [0.29, 0.717) is 30.5 Å². The fourth-order valence-electron chi connectivity index (χ4n) is 3.16. The van der Waals surface area contributed by atoms with Crippen LogP contribution in [0.5, 0.6) is 0 Å². The van der Waals surface area contributed by atoms with E-state index in [1.807, 2.05) is 37.3 Å². The van der Waals surface area contributed by atoms with Gasteiger partial charge in [-0.1, -0.05) is 73.6 Å². The number of hydrogen-bond acceptors (Lipinski definition) is 4. The molecule has 0 aliphatic carbocycles. The van der Waals surface area contributed by atoms with Crippen LogP contribution in [0.2, 0.25) is 0 Å². The predicted octanol–water partition coefficient (Wildman–Crippen LogP) is 4.93. The Bertz CT molecular complexity index is 901. The van der Waals surface area contributed by atoms with Crippen LogP contribution in [0.1, 0.15) is 56.5 Å². The number of amides is 1. The molecule has 0 bridgehead atoms. The summed E-state index contributed by atoms with van der Waals surface area (Å²) in [5, 5.41) is 7.09. The van der Waals surface area contributed by atoms with E-state index in [9.17, 15) is 4.79 Å². The van der Waals surface area contributed by atoms with E-state index in [2.05, 4.69) is 53.6 Å². The minimum Gasteiger partial charge on any atom is -0.354 e. The molecule has 0 radical (unpaired) electrons. The molecule has 3 rings (SSSR count). The molecule has 0 saturated heterocycles. The minimum atomic E-state index is 0.00611. The quantitative estimate of drug-likeness (QED) is 0.561.